The summed E-state index contributed by atoms with van der Waals surface area (Å²) in [5, 5.41) is 4.16. The van der Waals surface area contributed by atoms with Gasteiger partial charge in [0.1, 0.15) is 0 Å². The van der Waals surface area contributed by atoms with Crippen LogP contribution in [0.2, 0.25) is 0 Å². The van der Waals surface area contributed by atoms with Gasteiger partial charge in [-0.1, -0.05) is 12.1 Å². The van der Waals surface area contributed by atoms with E-state index in [1.165, 1.54) is 0 Å². The molecular formula is C14H17N3O2. The molecule has 2 aromatic rings. The van der Waals surface area contributed by atoms with Crippen LogP contribution in [0.1, 0.15) is 13.3 Å². The van der Waals surface area contributed by atoms with Gasteiger partial charge in [0.25, 0.3) is 0 Å². The lowest BCUT2D eigenvalue weighted by molar-refractivity contribution is -0.142. The number of rotatable bonds is 5. The molecule has 0 atom stereocenters. The summed E-state index contributed by atoms with van der Waals surface area (Å²) in [7, 11) is 0. The van der Waals surface area contributed by atoms with Gasteiger partial charge in [-0.2, -0.15) is 0 Å². The number of nitrogens with zero attached hydrogens (tertiary/aromatic N) is 1. The van der Waals surface area contributed by atoms with Gasteiger partial charge in [-0.15, -0.1) is 0 Å². The fourth-order valence-corrected chi connectivity index (χ4v) is 1.89. The minimum atomic E-state index is -0.201. The number of esters is 1. The monoisotopic (exact) mass is 259 g/mol. The Morgan fingerprint density at radius 1 is 1.42 bits per heavy atom. The van der Waals surface area contributed by atoms with Gasteiger partial charge in [0, 0.05) is 23.8 Å². The molecule has 0 aliphatic rings. The number of carbonyl (C=O) groups excluding carboxylic acids is 1. The zero-order valence-corrected chi connectivity index (χ0v) is 10.8. The lowest BCUT2D eigenvalue weighted by Crippen LogP contribution is -2.11. The molecule has 3 N–H and O–H groups in total. The Hall–Kier alpha value is -2.30. The fraction of sp³-hybridized carbons (Fsp3) is 0.286. The van der Waals surface area contributed by atoms with Crippen LogP contribution in [0.3, 0.4) is 0 Å². The van der Waals surface area contributed by atoms with Crippen LogP contribution >= 0.6 is 0 Å². The Morgan fingerprint density at radius 3 is 3.05 bits per heavy atom. The Morgan fingerprint density at radius 2 is 2.26 bits per heavy atom. The van der Waals surface area contributed by atoms with Crippen molar-refractivity contribution in [2.24, 2.45) is 0 Å². The minimum absolute atomic E-state index is 0.201. The van der Waals surface area contributed by atoms with Crippen molar-refractivity contribution in [1.29, 1.82) is 0 Å². The molecular weight excluding hydrogens is 242 g/mol. The maximum absolute atomic E-state index is 11.3. The van der Waals surface area contributed by atoms with Crippen molar-refractivity contribution in [3.8, 4) is 0 Å². The van der Waals surface area contributed by atoms with Gasteiger partial charge in [-0.25, -0.2) is 0 Å². The number of hydrogen-bond donors (Lipinski definition) is 2. The lowest BCUT2D eigenvalue weighted by Gasteiger charge is -2.10. The van der Waals surface area contributed by atoms with Gasteiger partial charge in [0.2, 0.25) is 0 Å². The highest BCUT2D eigenvalue weighted by atomic mass is 16.5. The first-order valence-corrected chi connectivity index (χ1v) is 6.25. The summed E-state index contributed by atoms with van der Waals surface area (Å²) in [4.78, 5) is 15.5. The average Bonchev–Trinajstić information content (AvgIpc) is 2.40. The van der Waals surface area contributed by atoms with Crippen molar-refractivity contribution in [1.82, 2.24) is 4.98 Å². The number of hydrogen-bond acceptors (Lipinski definition) is 5. The van der Waals surface area contributed by atoms with E-state index in [0.717, 1.165) is 16.6 Å². The van der Waals surface area contributed by atoms with Crippen molar-refractivity contribution in [2.75, 3.05) is 24.2 Å². The van der Waals surface area contributed by atoms with Crippen molar-refractivity contribution < 1.29 is 9.53 Å². The van der Waals surface area contributed by atoms with E-state index in [1.807, 2.05) is 24.3 Å². The molecule has 2 rings (SSSR count). The zero-order valence-electron chi connectivity index (χ0n) is 10.8. The van der Waals surface area contributed by atoms with Crippen LogP contribution in [0.4, 0.5) is 11.4 Å². The molecule has 0 saturated carbocycles. The Labute approximate surface area is 111 Å². The fourth-order valence-electron chi connectivity index (χ4n) is 1.89. The van der Waals surface area contributed by atoms with Crippen molar-refractivity contribution in [3.63, 3.8) is 0 Å². The molecule has 5 nitrogen and oxygen atoms in total. The third kappa shape index (κ3) is 3.13. The van der Waals surface area contributed by atoms with E-state index in [4.69, 9.17) is 10.5 Å². The van der Waals surface area contributed by atoms with Gasteiger partial charge in [-0.3, -0.25) is 9.78 Å². The summed E-state index contributed by atoms with van der Waals surface area (Å²) in [5.74, 6) is -0.201. The smallest absolute Gasteiger partial charge is 0.307 e. The quantitative estimate of drug-likeness (QED) is 0.635. The van der Waals surface area contributed by atoms with Crippen molar-refractivity contribution in [2.45, 2.75) is 13.3 Å². The van der Waals surface area contributed by atoms with Crippen LogP contribution in [0, 0.1) is 0 Å². The first-order chi connectivity index (χ1) is 9.22. The standard InChI is InChI=1S/C14H17N3O2/c1-2-19-13(18)7-9-16-12-6-8-17-14-10(12)4-3-5-11(14)15/h3-6,8H,2,7,9,15H2,1H3,(H,16,17). The molecule has 0 bridgehead atoms. The maximum atomic E-state index is 11.3. The van der Waals surface area contributed by atoms with Crippen LogP contribution in [-0.2, 0) is 9.53 Å². The number of benzene rings is 1. The topological polar surface area (TPSA) is 77.2 Å². The van der Waals surface area contributed by atoms with Gasteiger partial charge < -0.3 is 15.8 Å². The number of nitrogen functional groups attached to an aromatic ring is 1. The number of fused-ring (bicyclic) bond motifs is 1. The molecule has 0 radical (unpaired) electrons. The molecule has 0 aliphatic carbocycles. The summed E-state index contributed by atoms with van der Waals surface area (Å²) in [5.41, 5.74) is 8.21. The summed E-state index contributed by atoms with van der Waals surface area (Å²) < 4.78 is 4.88. The summed E-state index contributed by atoms with van der Waals surface area (Å²) in [6.45, 7) is 2.73. The molecule has 1 aromatic carbocycles. The molecule has 0 aliphatic heterocycles. The largest absolute Gasteiger partial charge is 0.466 e. The van der Waals surface area contributed by atoms with Crippen LogP contribution < -0.4 is 11.1 Å². The predicted octanol–water partition coefficient (Wildman–Crippen LogP) is 2.18. The van der Waals surface area contributed by atoms with Gasteiger partial charge >= 0.3 is 5.97 Å². The molecule has 1 aromatic heterocycles. The Bertz CT molecular complexity index is 584. The predicted molar refractivity (Wildman–Crippen MR) is 75.9 cm³/mol. The number of para-hydroxylation sites is 1. The molecule has 0 saturated heterocycles. The molecule has 5 heteroatoms. The van der Waals surface area contributed by atoms with Gasteiger partial charge in [-0.05, 0) is 19.1 Å². The van der Waals surface area contributed by atoms with Crippen molar-refractivity contribution >= 4 is 28.2 Å². The maximum Gasteiger partial charge on any atom is 0.307 e. The third-order valence-corrected chi connectivity index (χ3v) is 2.75. The van der Waals surface area contributed by atoms with E-state index in [-0.39, 0.29) is 5.97 Å². The van der Waals surface area contributed by atoms with Gasteiger partial charge in [0.05, 0.1) is 24.2 Å². The minimum Gasteiger partial charge on any atom is -0.466 e. The SMILES string of the molecule is CCOC(=O)CCNc1ccnc2c(N)cccc12. The van der Waals surface area contributed by atoms with Crippen LogP contribution in [0.5, 0.6) is 0 Å². The summed E-state index contributed by atoms with van der Waals surface area (Å²) in [6, 6.07) is 7.52. The van der Waals surface area contributed by atoms with Gasteiger partial charge in [0.15, 0.2) is 0 Å². The van der Waals surface area contributed by atoms with E-state index >= 15 is 0 Å². The molecule has 100 valence electrons. The second-order valence-corrected chi connectivity index (χ2v) is 4.08. The Kier molecular flexibility index (Phi) is 4.18. The third-order valence-electron chi connectivity index (χ3n) is 2.75. The Balaban J connectivity index is 2.09. The molecule has 0 amide bonds. The number of pyridine rings is 1. The van der Waals surface area contributed by atoms with E-state index in [2.05, 4.69) is 10.3 Å². The van der Waals surface area contributed by atoms with Crippen LogP contribution in [-0.4, -0.2) is 24.1 Å². The first kappa shape index (κ1) is 13.1. The summed E-state index contributed by atoms with van der Waals surface area (Å²) >= 11 is 0. The normalized spacial score (nSPS) is 10.4. The summed E-state index contributed by atoms with van der Waals surface area (Å²) in [6.07, 6.45) is 2.03. The van der Waals surface area contributed by atoms with Crippen LogP contribution in [0.25, 0.3) is 10.9 Å². The molecule has 19 heavy (non-hydrogen) atoms. The number of anilines is 2. The van der Waals surface area contributed by atoms with E-state index in [9.17, 15) is 4.79 Å². The van der Waals surface area contributed by atoms with Crippen LogP contribution in [0.15, 0.2) is 30.5 Å². The zero-order chi connectivity index (χ0) is 13.7. The number of aromatic nitrogens is 1. The highest BCUT2D eigenvalue weighted by Gasteiger charge is 2.05. The van der Waals surface area contributed by atoms with E-state index < -0.39 is 0 Å². The number of carbonyl (C=O) groups is 1. The number of nitrogens with two attached hydrogens (primary N) is 1. The number of ether oxygens (including phenoxy) is 1. The highest BCUT2D eigenvalue weighted by molar-refractivity contribution is 5.97. The number of nitrogens with one attached hydrogen (secondary N) is 1. The molecule has 0 spiro atoms. The van der Waals surface area contributed by atoms with E-state index in [1.54, 1.807) is 13.1 Å². The molecule has 0 fully saturated rings. The lowest BCUT2D eigenvalue weighted by atomic mass is 10.1. The van der Waals surface area contributed by atoms with E-state index in [0.29, 0.717) is 25.3 Å². The van der Waals surface area contributed by atoms with Crippen molar-refractivity contribution in [3.05, 3.63) is 30.5 Å². The highest BCUT2D eigenvalue weighted by Crippen LogP contribution is 2.25. The second kappa shape index (κ2) is 6.04. The molecule has 1 heterocycles. The molecule has 0 unspecified atom stereocenters. The average molecular weight is 259 g/mol. The first-order valence-electron chi connectivity index (χ1n) is 6.25. The second-order valence-electron chi connectivity index (χ2n) is 4.08.